The van der Waals surface area contributed by atoms with Crippen molar-refractivity contribution in [2.75, 3.05) is 5.75 Å². The van der Waals surface area contributed by atoms with Gasteiger partial charge in [-0.15, -0.1) is 11.8 Å². The van der Waals surface area contributed by atoms with E-state index in [1.54, 1.807) is 25.3 Å². The monoisotopic (exact) mass is 301 g/mol. The van der Waals surface area contributed by atoms with E-state index in [1.165, 1.54) is 23.9 Å². The molecule has 0 bridgehead atoms. The molecule has 1 atom stereocenters. The van der Waals surface area contributed by atoms with Crippen LogP contribution >= 0.6 is 11.8 Å². The molecule has 0 amide bonds. The minimum Gasteiger partial charge on any atom is -0.468 e. The molecule has 0 saturated carbocycles. The lowest BCUT2D eigenvalue weighted by atomic mass is 10.0. The van der Waals surface area contributed by atoms with Gasteiger partial charge in [0.1, 0.15) is 5.76 Å². The molecule has 1 aromatic heterocycles. The molecular formula is C14H14F3NOS. The second-order valence-electron chi connectivity index (χ2n) is 4.34. The highest BCUT2D eigenvalue weighted by atomic mass is 32.2. The number of rotatable bonds is 4. The van der Waals surface area contributed by atoms with Gasteiger partial charge in [0.15, 0.2) is 0 Å². The maximum Gasteiger partial charge on any atom is 0.416 e. The van der Waals surface area contributed by atoms with Crippen LogP contribution in [0.3, 0.4) is 0 Å². The van der Waals surface area contributed by atoms with Crippen LogP contribution in [0.25, 0.3) is 0 Å². The summed E-state index contributed by atoms with van der Waals surface area (Å²) in [6.45, 7) is 1.80. The average Bonchev–Trinajstić information content (AvgIpc) is 2.80. The van der Waals surface area contributed by atoms with E-state index in [1.807, 2.05) is 0 Å². The SMILES string of the molecule is Cc1occc1SCC(N)c1ccccc1C(F)(F)F. The first-order valence-electron chi connectivity index (χ1n) is 5.98. The van der Waals surface area contributed by atoms with Crippen molar-refractivity contribution in [3.63, 3.8) is 0 Å². The van der Waals surface area contributed by atoms with Crippen LogP contribution in [-0.2, 0) is 6.18 Å². The summed E-state index contributed by atoms with van der Waals surface area (Å²) >= 11 is 1.39. The van der Waals surface area contributed by atoms with Gasteiger partial charge in [0.2, 0.25) is 0 Å². The Morgan fingerprint density at radius 3 is 2.55 bits per heavy atom. The molecule has 0 fully saturated rings. The Morgan fingerprint density at radius 1 is 1.25 bits per heavy atom. The highest BCUT2D eigenvalue weighted by Crippen LogP contribution is 2.35. The van der Waals surface area contributed by atoms with Crippen molar-refractivity contribution in [2.45, 2.75) is 24.0 Å². The average molecular weight is 301 g/mol. The summed E-state index contributed by atoms with van der Waals surface area (Å²) < 4.78 is 43.9. The zero-order chi connectivity index (χ0) is 14.8. The molecule has 0 saturated heterocycles. The van der Waals surface area contributed by atoms with E-state index in [4.69, 9.17) is 10.2 Å². The topological polar surface area (TPSA) is 39.2 Å². The zero-order valence-corrected chi connectivity index (χ0v) is 11.6. The van der Waals surface area contributed by atoms with Gasteiger partial charge in [-0.1, -0.05) is 18.2 Å². The first-order chi connectivity index (χ1) is 9.39. The molecule has 0 radical (unpaired) electrons. The predicted molar refractivity (Wildman–Crippen MR) is 72.5 cm³/mol. The van der Waals surface area contributed by atoms with Crippen molar-refractivity contribution in [3.8, 4) is 0 Å². The Kier molecular flexibility index (Phi) is 4.45. The van der Waals surface area contributed by atoms with Crippen LogP contribution in [0.5, 0.6) is 0 Å². The lowest BCUT2D eigenvalue weighted by Gasteiger charge is -2.17. The standard InChI is InChI=1S/C14H14F3NOS/c1-9-13(6-7-19-9)20-8-12(18)10-4-2-3-5-11(10)14(15,16)17/h2-7,12H,8,18H2,1H3. The van der Waals surface area contributed by atoms with Gasteiger partial charge in [-0.3, -0.25) is 0 Å². The Labute approximate surface area is 119 Å². The summed E-state index contributed by atoms with van der Waals surface area (Å²) in [7, 11) is 0. The van der Waals surface area contributed by atoms with E-state index in [2.05, 4.69) is 0 Å². The molecule has 0 aliphatic carbocycles. The normalized spacial score (nSPS) is 13.4. The molecule has 2 aromatic rings. The third-order valence-corrected chi connectivity index (χ3v) is 4.16. The molecule has 2 rings (SSSR count). The zero-order valence-electron chi connectivity index (χ0n) is 10.8. The smallest absolute Gasteiger partial charge is 0.416 e. The molecule has 20 heavy (non-hydrogen) atoms. The Bertz CT molecular complexity index is 580. The number of hydrogen-bond donors (Lipinski definition) is 1. The minimum atomic E-state index is -4.38. The summed E-state index contributed by atoms with van der Waals surface area (Å²) in [6.07, 6.45) is -2.84. The number of alkyl halides is 3. The molecule has 2 nitrogen and oxygen atoms in total. The van der Waals surface area contributed by atoms with Gasteiger partial charge in [0.25, 0.3) is 0 Å². The largest absolute Gasteiger partial charge is 0.468 e. The number of nitrogens with two attached hydrogens (primary N) is 1. The maximum absolute atomic E-state index is 12.9. The van der Waals surface area contributed by atoms with Crippen molar-refractivity contribution in [1.29, 1.82) is 0 Å². The fourth-order valence-corrected chi connectivity index (χ4v) is 2.81. The number of aryl methyl sites for hydroxylation is 1. The van der Waals surface area contributed by atoms with E-state index >= 15 is 0 Å². The van der Waals surface area contributed by atoms with Crippen LogP contribution in [0, 0.1) is 6.92 Å². The molecule has 6 heteroatoms. The minimum absolute atomic E-state index is 0.119. The number of thioether (sulfide) groups is 1. The van der Waals surface area contributed by atoms with Gasteiger partial charge in [0, 0.05) is 16.7 Å². The van der Waals surface area contributed by atoms with Crippen molar-refractivity contribution in [2.24, 2.45) is 5.73 Å². The molecule has 1 aromatic carbocycles. The van der Waals surface area contributed by atoms with E-state index in [9.17, 15) is 13.2 Å². The summed E-state index contributed by atoms with van der Waals surface area (Å²) in [6, 6.07) is 6.51. The van der Waals surface area contributed by atoms with E-state index in [0.717, 1.165) is 16.7 Å². The van der Waals surface area contributed by atoms with Crippen molar-refractivity contribution >= 4 is 11.8 Å². The highest BCUT2D eigenvalue weighted by molar-refractivity contribution is 7.99. The van der Waals surface area contributed by atoms with Gasteiger partial charge < -0.3 is 10.2 Å². The second-order valence-corrected chi connectivity index (χ2v) is 5.41. The highest BCUT2D eigenvalue weighted by Gasteiger charge is 2.34. The van der Waals surface area contributed by atoms with Crippen molar-refractivity contribution in [1.82, 2.24) is 0 Å². The van der Waals surface area contributed by atoms with Crippen molar-refractivity contribution < 1.29 is 17.6 Å². The van der Waals surface area contributed by atoms with Gasteiger partial charge in [0.05, 0.1) is 11.8 Å². The van der Waals surface area contributed by atoms with Crippen LogP contribution in [0.1, 0.15) is 22.9 Å². The van der Waals surface area contributed by atoms with E-state index in [0.29, 0.717) is 5.75 Å². The first-order valence-corrected chi connectivity index (χ1v) is 6.96. The Morgan fingerprint density at radius 2 is 1.95 bits per heavy atom. The van der Waals surface area contributed by atoms with Crippen molar-refractivity contribution in [3.05, 3.63) is 53.5 Å². The number of furan rings is 1. The lowest BCUT2D eigenvalue weighted by Crippen LogP contribution is -2.19. The first kappa shape index (κ1) is 15.0. The van der Waals surface area contributed by atoms with E-state index in [-0.39, 0.29) is 5.56 Å². The number of hydrogen-bond acceptors (Lipinski definition) is 3. The summed E-state index contributed by atoms with van der Waals surface area (Å²) in [5.41, 5.74) is 5.36. The van der Waals surface area contributed by atoms with Crippen LogP contribution in [0.4, 0.5) is 13.2 Å². The van der Waals surface area contributed by atoms with Crippen LogP contribution < -0.4 is 5.73 Å². The second kappa shape index (κ2) is 5.93. The fourth-order valence-electron chi connectivity index (χ4n) is 1.87. The molecule has 1 unspecified atom stereocenters. The lowest BCUT2D eigenvalue weighted by molar-refractivity contribution is -0.138. The summed E-state index contributed by atoms with van der Waals surface area (Å²) in [5.74, 6) is 1.10. The molecule has 0 spiro atoms. The molecule has 2 N–H and O–H groups in total. The van der Waals surface area contributed by atoms with Gasteiger partial charge in [-0.05, 0) is 24.6 Å². The molecule has 0 aliphatic heterocycles. The maximum atomic E-state index is 12.9. The predicted octanol–water partition coefficient (Wildman–Crippen LogP) is 4.40. The van der Waals surface area contributed by atoms with Crippen LogP contribution in [-0.4, -0.2) is 5.75 Å². The molecule has 108 valence electrons. The third kappa shape index (κ3) is 3.37. The Balaban J connectivity index is 2.14. The van der Waals surface area contributed by atoms with Gasteiger partial charge in [-0.2, -0.15) is 13.2 Å². The third-order valence-electron chi connectivity index (χ3n) is 2.90. The fraction of sp³-hybridized carbons (Fsp3) is 0.286. The van der Waals surface area contributed by atoms with Gasteiger partial charge in [-0.25, -0.2) is 0 Å². The van der Waals surface area contributed by atoms with Crippen LogP contribution in [0.15, 0.2) is 45.9 Å². The van der Waals surface area contributed by atoms with E-state index < -0.39 is 17.8 Å². The van der Waals surface area contributed by atoms with Crippen LogP contribution in [0.2, 0.25) is 0 Å². The number of halogens is 3. The summed E-state index contributed by atoms with van der Waals surface area (Å²) in [4.78, 5) is 0.893. The quantitative estimate of drug-likeness (QED) is 0.851. The Hall–Kier alpha value is -1.40. The molecular weight excluding hydrogens is 287 g/mol. The molecule has 1 heterocycles. The molecule has 0 aliphatic rings. The summed E-state index contributed by atoms with van der Waals surface area (Å²) in [5, 5.41) is 0. The van der Waals surface area contributed by atoms with Gasteiger partial charge >= 0.3 is 6.18 Å². The number of benzene rings is 1.